The Morgan fingerprint density at radius 1 is 1.24 bits per heavy atom. The van der Waals surface area contributed by atoms with E-state index in [1.54, 1.807) is 17.5 Å². The summed E-state index contributed by atoms with van der Waals surface area (Å²) in [7, 11) is 0. The molecule has 25 heavy (non-hydrogen) atoms. The van der Waals surface area contributed by atoms with E-state index in [0.717, 1.165) is 47.2 Å². The Bertz CT molecular complexity index is 914. The third kappa shape index (κ3) is 3.39. The minimum Gasteiger partial charge on any atom is -0.339 e. The monoisotopic (exact) mass is 371 g/mol. The molecule has 0 unspecified atom stereocenters. The van der Waals surface area contributed by atoms with Crippen LogP contribution in [-0.2, 0) is 0 Å². The number of hydrogen-bond acceptors (Lipinski definition) is 4. The van der Waals surface area contributed by atoms with Crippen LogP contribution in [0, 0.1) is 6.92 Å². The summed E-state index contributed by atoms with van der Waals surface area (Å²) >= 11 is 7.79. The molecular formula is C19H18ClN3OS. The SMILES string of the molecule is Cc1ccc(C(=O)N2CCC(c3nc4cc(Cl)ccc4s3)CC2)cn1. The second-order valence-corrected chi connectivity index (χ2v) is 7.92. The molecule has 0 saturated carbocycles. The number of carbonyl (C=O) groups excluding carboxylic acids is 1. The first-order chi connectivity index (χ1) is 12.1. The number of benzene rings is 1. The van der Waals surface area contributed by atoms with E-state index >= 15 is 0 Å². The predicted molar refractivity (Wildman–Crippen MR) is 101 cm³/mol. The molecule has 0 spiro atoms. The van der Waals surface area contributed by atoms with Crippen molar-refractivity contribution in [3.8, 4) is 0 Å². The third-order valence-electron chi connectivity index (χ3n) is 4.66. The zero-order valence-corrected chi connectivity index (χ0v) is 15.5. The number of carbonyl (C=O) groups is 1. The minimum atomic E-state index is 0.0713. The van der Waals surface area contributed by atoms with Crippen molar-refractivity contribution in [1.29, 1.82) is 0 Å². The molecule has 3 aromatic rings. The highest BCUT2D eigenvalue weighted by molar-refractivity contribution is 7.18. The number of amides is 1. The quantitative estimate of drug-likeness (QED) is 0.657. The number of nitrogens with zero attached hydrogens (tertiary/aromatic N) is 3. The fraction of sp³-hybridized carbons (Fsp3) is 0.316. The van der Waals surface area contributed by atoms with Crippen LogP contribution >= 0.6 is 22.9 Å². The zero-order valence-electron chi connectivity index (χ0n) is 13.9. The van der Waals surface area contributed by atoms with Crippen molar-refractivity contribution in [3.63, 3.8) is 0 Å². The van der Waals surface area contributed by atoms with Crippen molar-refractivity contribution >= 4 is 39.1 Å². The third-order valence-corrected chi connectivity index (χ3v) is 6.09. The normalized spacial score (nSPS) is 15.7. The Kier molecular flexibility index (Phi) is 4.44. The van der Waals surface area contributed by atoms with Crippen LogP contribution in [0.4, 0.5) is 0 Å². The van der Waals surface area contributed by atoms with E-state index in [4.69, 9.17) is 16.6 Å². The van der Waals surface area contributed by atoms with Gasteiger partial charge in [0.1, 0.15) is 0 Å². The van der Waals surface area contributed by atoms with Gasteiger partial charge in [-0.3, -0.25) is 9.78 Å². The molecule has 1 aromatic carbocycles. The number of hydrogen-bond donors (Lipinski definition) is 0. The molecule has 4 nitrogen and oxygen atoms in total. The molecule has 2 aromatic heterocycles. The van der Waals surface area contributed by atoms with E-state index in [9.17, 15) is 4.79 Å². The van der Waals surface area contributed by atoms with E-state index in [0.29, 0.717) is 11.5 Å². The van der Waals surface area contributed by atoms with Crippen LogP contribution in [0.15, 0.2) is 36.5 Å². The average Bonchev–Trinajstić information content (AvgIpc) is 3.05. The molecule has 1 aliphatic heterocycles. The number of halogens is 1. The maximum atomic E-state index is 12.6. The predicted octanol–water partition coefficient (Wildman–Crippen LogP) is 4.67. The second-order valence-electron chi connectivity index (χ2n) is 6.42. The van der Waals surface area contributed by atoms with Gasteiger partial charge in [-0.2, -0.15) is 0 Å². The number of aromatic nitrogens is 2. The first kappa shape index (κ1) is 16.5. The molecular weight excluding hydrogens is 354 g/mol. The molecule has 0 bridgehead atoms. The molecule has 0 atom stereocenters. The van der Waals surface area contributed by atoms with Gasteiger partial charge >= 0.3 is 0 Å². The molecule has 1 aliphatic rings. The van der Waals surface area contributed by atoms with Crippen LogP contribution < -0.4 is 0 Å². The van der Waals surface area contributed by atoms with Crippen LogP contribution in [-0.4, -0.2) is 33.9 Å². The van der Waals surface area contributed by atoms with Crippen LogP contribution in [0.2, 0.25) is 5.02 Å². The molecule has 4 rings (SSSR count). The van der Waals surface area contributed by atoms with Gasteiger partial charge in [-0.25, -0.2) is 4.98 Å². The molecule has 1 saturated heterocycles. The Morgan fingerprint density at radius 2 is 2.04 bits per heavy atom. The number of rotatable bonds is 2. The minimum absolute atomic E-state index is 0.0713. The lowest BCUT2D eigenvalue weighted by Crippen LogP contribution is -2.37. The first-order valence-corrected chi connectivity index (χ1v) is 9.57. The molecule has 3 heterocycles. The molecule has 0 N–H and O–H groups in total. The van der Waals surface area contributed by atoms with Gasteiger partial charge in [-0.1, -0.05) is 11.6 Å². The number of aryl methyl sites for hydroxylation is 1. The van der Waals surface area contributed by atoms with Crippen LogP contribution in [0.5, 0.6) is 0 Å². The molecule has 0 radical (unpaired) electrons. The summed E-state index contributed by atoms with van der Waals surface area (Å²) in [6.45, 7) is 3.44. The molecule has 1 fully saturated rings. The van der Waals surface area contributed by atoms with Gasteiger partial charge in [0.2, 0.25) is 0 Å². The number of likely N-dealkylation sites (tertiary alicyclic amines) is 1. The summed E-state index contributed by atoms with van der Waals surface area (Å²) in [4.78, 5) is 23.5. The highest BCUT2D eigenvalue weighted by Crippen LogP contribution is 2.34. The van der Waals surface area contributed by atoms with Gasteiger partial charge in [0.15, 0.2) is 0 Å². The number of piperidine rings is 1. The van der Waals surface area contributed by atoms with E-state index in [1.807, 2.05) is 42.2 Å². The molecule has 1 amide bonds. The first-order valence-electron chi connectivity index (χ1n) is 8.38. The van der Waals surface area contributed by atoms with Gasteiger partial charge in [0, 0.05) is 35.9 Å². The fourth-order valence-electron chi connectivity index (χ4n) is 3.20. The van der Waals surface area contributed by atoms with Crippen LogP contribution in [0.3, 0.4) is 0 Å². The van der Waals surface area contributed by atoms with E-state index in [2.05, 4.69) is 4.98 Å². The van der Waals surface area contributed by atoms with Crippen LogP contribution in [0.25, 0.3) is 10.2 Å². The second kappa shape index (κ2) is 6.73. The maximum Gasteiger partial charge on any atom is 0.255 e. The van der Waals surface area contributed by atoms with E-state index in [1.165, 1.54) is 4.70 Å². The van der Waals surface area contributed by atoms with Crippen molar-refractivity contribution in [2.75, 3.05) is 13.1 Å². The number of fused-ring (bicyclic) bond motifs is 1. The van der Waals surface area contributed by atoms with Gasteiger partial charge in [-0.15, -0.1) is 11.3 Å². The molecule has 128 valence electrons. The van der Waals surface area contributed by atoms with Crippen molar-refractivity contribution in [3.05, 3.63) is 57.8 Å². The highest BCUT2D eigenvalue weighted by atomic mass is 35.5. The zero-order chi connectivity index (χ0) is 17.4. The Labute approximate surface area is 155 Å². The number of thiazole rings is 1. The Balaban J connectivity index is 1.45. The van der Waals surface area contributed by atoms with Gasteiger partial charge in [0.25, 0.3) is 5.91 Å². The maximum absolute atomic E-state index is 12.6. The lowest BCUT2D eigenvalue weighted by Gasteiger charge is -2.31. The van der Waals surface area contributed by atoms with Crippen molar-refractivity contribution < 1.29 is 4.79 Å². The average molecular weight is 372 g/mol. The summed E-state index contributed by atoms with van der Waals surface area (Å²) in [5.74, 6) is 0.485. The largest absolute Gasteiger partial charge is 0.339 e. The summed E-state index contributed by atoms with van der Waals surface area (Å²) in [5, 5.41) is 1.87. The lowest BCUT2D eigenvalue weighted by atomic mass is 9.97. The number of pyridine rings is 1. The molecule has 0 aliphatic carbocycles. The van der Waals surface area contributed by atoms with Gasteiger partial charge in [-0.05, 0) is 50.1 Å². The topological polar surface area (TPSA) is 46.1 Å². The smallest absolute Gasteiger partial charge is 0.255 e. The summed E-state index contributed by atoms with van der Waals surface area (Å²) in [6, 6.07) is 9.59. The Morgan fingerprint density at radius 3 is 2.76 bits per heavy atom. The van der Waals surface area contributed by atoms with Crippen molar-refractivity contribution in [2.45, 2.75) is 25.7 Å². The van der Waals surface area contributed by atoms with E-state index < -0.39 is 0 Å². The summed E-state index contributed by atoms with van der Waals surface area (Å²) in [5.41, 5.74) is 2.56. The summed E-state index contributed by atoms with van der Waals surface area (Å²) < 4.78 is 1.17. The Hall–Kier alpha value is -1.98. The standard InChI is InChI=1S/C19H18ClN3OS/c1-12-2-3-14(11-21-12)19(24)23-8-6-13(7-9-23)18-22-16-10-15(20)4-5-17(16)25-18/h2-5,10-11,13H,6-9H2,1H3. The van der Waals surface area contributed by atoms with Crippen molar-refractivity contribution in [2.24, 2.45) is 0 Å². The molecule has 6 heteroatoms. The summed E-state index contributed by atoms with van der Waals surface area (Å²) in [6.07, 6.45) is 3.55. The van der Waals surface area contributed by atoms with Gasteiger partial charge in [0.05, 0.1) is 20.8 Å². The highest BCUT2D eigenvalue weighted by Gasteiger charge is 2.26. The van der Waals surface area contributed by atoms with Crippen molar-refractivity contribution in [1.82, 2.24) is 14.9 Å². The van der Waals surface area contributed by atoms with E-state index in [-0.39, 0.29) is 5.91 Å². The van der Waals surface area contributed by atoms with Crippen LogP contribution in [0.1, 0.15) is 39.8 Å². The fourth-order valence-corrected chi connectivity index (χ4v) is 4.48. The lowest BCUT2D eigenvalue weighted by molar-refractivity contribution is 0.0712. The van der Waals surface area contributed by atoms with Gasteiger partial charge < -0.3 is 4.90 Å².